The van der Waals surface area contributed by atoms with Crippen LogP contribution >= 0.6 is 0 Å². The quantitative estimate of drug-likeness (QED) is 0.371. The van der Waals surface area contributed by atoms with Gasteiger partial charge in [-0.15, -0.1) is 0 Å². The molecule has 0 saturated heterocycles. The molecule has 1 aromatic heterocycles. The first-order valence-electron chi connectivity index (χ1n) is 11.1. The number of amides is 1. The van der Waals surface area contributed by atoms with Crippen molar-refractivity contribution in [1.29, 1.82) is 5.41 Å². The molecule has 33 heavy (non-hydrogen) atoms. The lowest BCUT2D eigenvalue weighted by molar-refractivity contribution is -0.128. The van der Waals surface area contributed by atoms with E-state index in [-0.39, 0.29) is 29.0 Å². The molecule has 3 N–H and O–H groups in total. The Balaban J connectivity index is 1.52. The number of rotatable bonds is 3. The number of aromatic nitrogens is 1. The Bertz CT molecular complexity index is 1450. The fourth-order valence-electron chi connectivity index (χ4n) is 5.35. The maximum Gasteiger partial charge on any atom is 0.260 e. The zero-order chi connectivity index (χ0) is 22.7. The van der Waals surface area contributed by atoms with Gasteiger partial charge in [0, 0.05) is 28.7 Å². The molecule has 0 radical (unpaired) electrons. The number of H-pyrrole nitrogens is 1. The van der Waals surface area contributed by atoms with Crippen molar-refractivity contribution >= 4 is 22.5 Å². The van der Waals surface area contributed by atoms with Crippen LogP contribution in [0.4, 0.5) is 0 Å². The third-order valence-corrected chi connectivity index (χ3v) is 6.86. The van der Waals surface area contributed by atoms with E-state index in [1.54, 1.807) is 11.8 Å². The highest BCUT2D eigenvalue weighted by Gasteiger charge is 2.49. The van der Waals surface area contributed by atoms with Crippen LogP contribution in [0.1, 0.15) is 29.8 Å². The van der Waals surface area contributed by atoms with Crippen LogP contribution in [0.2, 0.25) is 0 Å². The number of aliphatic hydroxyl groups excluding tert-OH is 1. The summed E-state index contributed by atoms with van der Waals surface area (Å²) in [5.74, 6) is -0.277. The van der Waals surface area contributed by atoms with Gasteiger partial charge in [0.15, 0.2) is 0 Å². The van der Waals surface area contributed by atoms with Crippen LogP contribution in [-0.4, -0.2) is 32.7 Å². The minimum atomic E-state index is -0.474. The molecule has 0 bridgehead atoms. The molecule has 0 spiro atoms. The molecule has 0 fully saturated rings. The van der Waals surface area contributed by atoms with Gasteiger partial charge in [-0.05, 0) is 35.2 Å². The average Bonchev–Trinajstić information content (AvgIpc) is 3.33. The lowest BCUT2D eigenvalue weighted by atomic mass is 9.88. The minimum Gasteiger partial charge on any atom is -0.509 e. The highest BCUT2D eigenvalue weighted by Crippen LogP contribution is 2.46. The molecule has 0 unspecified atom stereocenters. The summed E-state index contributed by atoms with van der Waals surface area (Å²) >= 11 is 0. The summed E-state index contributed by atoms with van der Waals surface area (Å²) in [5.41, 5.74) is 6.55. The molecule has 3 aromatic carbocycles. The van der Waals surface area contributed by atoms with Crippen LogP contribution in [0.25, 0.3) is 22.0 Å². The maximum absolute atomic E-state index is 13.4. The molecular formula is C28H23N3O2. The maximum atomic E-state index is 13.4. The monoisotopic (exact) mass is 433 g/mol. The van der Waals surface area contributed by atoms with Gasteiger partial charge in [0.2, 0.25) is 0 Å². The number of para-hydroxylation sites is 1. The molecule has 0 aliphatic carbocycles. The number of aliphatic hydroxyl groups is 1. The zero-order valence-electron chi connectivity index (χ0n) is 18.2. The third-order valence-electron chi connectivity index (χ3n) is 6.86. The van der Waals surface area contributed by atoms with Crippen molar-refractivity contribution < 1.29 is 9.90 Å². The Morgan fingerprint density at radius 3 is 2.36 bits per heavy atom. The summed E-state index contributed by atoms with van der Waals surface area (Å²) in [6, 6.07) is 25.7. The van der Waals surface area contributed by atoms with Crippen molar-refractivity contribution in [3.05, 3.63) is 107 Å². The molecule has 2 aliphatic heterocycles. The number of aromatic amines is 1. The number of nitrogens with one attached hydrogen (secondary N) is 2. The summed E-state index contributed by atoms with van der Waals surface area (Å²) in [7, 11) is 0. The second-order valence-electron chi connectivity index (χ2n) is 8.77. The predicted octanol–water partition coefficient (Wildman–Crippen LogP) is 5.54. The second-order valence-corrected chi connectivity index (χ2v) is 8.77. The highest BCUT2D eigenvalue weighted by atomic mass is 16.3. The van der Waals surface area contributed by atoms with Gasteiger partial charge in [-0.2, -0.15) is 0 Å². The SMILES string of the molecule is CC(=N)C1=C(O)[C@@H]2Cc3c([nH]c4ccccc34)[C@@H](c3ccc(-c4ccccc4)cc3)N2C1=O. The third kappa shape index (κ3) is 2.85. The second kappa shape index (κ2) is 7.20. The van der Waals surface area contributed by atoms with Gasteiger partial charge in [-0.1, -0.05) is 72.8 Å². The van der Waals surface area contributed by atoms with Crippen molar-refractivity contribution in [2.24, 2.45) is 0 Å². The molecule has 1 amide bonds. The summed E-state index contributed by atoms with van der Waals surface area (Å²) in [6.07, 6.45) is 0.520. The van der Waals surface area contributed by atoms with Crippen molar-refractivity contribution in [3.63, 3.8) is 0 Å². The smallest absolute Gasteiger partial charge is 0.260 e. The van der Waals surface area contributed by atoms with Crippen molar-refractivity contribution in [2.75, 3.05) is 0 Å². The van der Waals surface area contributed by atoms with Gasteiger partial charge >= 0.3 is 0 Å². The van der Waals surface area contributed by atoms with Gasteiger partial charge in [-0.3, -0.25) is 4.79 Å². The van der Waals surface area contributed by atoms with E-state index in [0.717, 1.165) is 38.9 Å². The van der Waals surface area contributed by atoms with E-state index in [1.165, 1.54) is 0 Å². The van der Waals surface area contributed by atoms with E-state index in [4.69, 9.17) is 5.41 Å². The molecule has 2 atom stereocenters. The first-order chi connectivity index (χ1) is 16.0. The van der Waals surface area contributed by atoms with Gasteiger partial charge in [-0.25, -0.2) is 0 Å². The van der Waals surface area contributed by atoms with E-state index < -0.39 is 6.04 Å². The number of hydrogen-bond acceptors (Lipinski definition) is 3. The summed E-state index contributed by atoms with van der Waals surface area (Å²) < 4.78 is 0. The van der Waals surface area contributed by atoms with E-state index in [2.05, 4.69) is 47.4 Å². The van der Waals surface area contributed by atoms with Crippen molar-refractivity contribution in [3.8, 4) is 11.1 Å². The summed E-state index contributed by atoms with van der Waals surface area (Å²) in [4.78, 5) is 18.7. The molecule has 4 aromatic rings. The van der Waals surface area contributed by atoms with Gasteiger partial charge in [0.1, 0.15) is 5.76 Å². The summed E-state index contributed by atoms with van der Waals surface area (Å²) in [6.45, 7) is 1.56. The van der Waals surface area contributed by atoms with Crippen LogP contribution < -0.4 is 0 Å². The number of fused-ring (bicyclic) bond motifs is 4. The van der Waals surface area contributed by atoms with E-state index in [9.17, 15) is 9.90 Å². The fourth-order valence-corrected chi connectivity index (χ4v) is 5.35. The van der Waals surface area contributed by atoms with Gasteiger partial charge in [0.05, 0.1) is 17.7 Å². The lowest BCUT2D eigenvalue weighted by Gasteiger charge is -2.38. The largest absolute Gasteiger partial charge is 0.509 e. The lowest BCUT2D eigenvalue weighted by Crippen LogP contribution is -2.44. The van der Waals surface area contributed by atoms with E-state index in [0.29, 0.717) is 6.42 Å². The number of carbonyl (C=O) groups excluding carboxylic acids is 1. The molecule has 162 valence electrons. The van der Waals surface area contributed by atoms with Crippen LogP contribution in [0.5, 0.6) is 0 Å². The minimum absolute atomic E-state index is 0.00865. The molecule has 3 heterocycles. The van der Waals surface area contributed by atoms with Crippen molar-refractivity contribution in [2.45, 2.75) is 25.4 Å². The number of hydrogen-bond donors (Lipinski definition) is 3. The zero-order valence-corrected chi connectivity index (χ0v) is 18.2. The Kier molecular flexibility index (Phi) is 4.27. The Hall–Kier alpha value is -4.12. The molecule has 5 nitrogen and oxygen atoms in total. The topological polar surface area (TPSA) is 80.2 Å². The van der Waals surface area contributed by atoms with Gasteiger partial charge < -0.3 is 20.4 Å². The first kappa shape index (κ1) is 19.6. The van der Waals surface area contributed by atoms with Crippen LogP contribution in [0.3, 0.4) is 0 Å². The van der Waals surface area contributed by atoms with E-state index >= 15 is 0 Å². The van der Waals surface area contributed by atoms with Gasteiger partial charge in [0.25, 0.3) is 5.91 Å². The first-order valence-corrected chi connectivity index (χ1v) is 11.1. The fraction of sp³-hybridized carbons (Fsp3) is 0.143. The number of nitrogens with zero attached hydrogens (tertiary/aromatic N) is 1. The van der Waals surface area contributed by atoms with Crippen LogP contribution in [-0.2, 0) is 11.2 Å². The van der Waals surface area contributed by atoms with Crippen LogP contribution in [0.15, 0.2) is 90.2 Å². The molecule has 2 aliphatic rings. The molecule has 6 rings (SSSR count). The summed E-state index contributed by atoms with van der Waals surface area (Å²) in [5, 5.41) is 20.2. The Labute approximate surface area is 191 Å². The van der Waals surface area contributed by atoms with Crippen molar-refractivity contribution in [1.82, 2.24) is 9.88 Å². The molecule has 0 saturated carbocycles. The standard InChI is InChI=1S/C28H23N3O2/c1-16(29)24-27(32)23-15-21-20-9-5-6-10-22(20)30-25(21)26(31(23)28(24)33)19-13-11-18(12-14-19)17-7-3-2-4-8-17/h2-14,23,26,29-30,32H,15H2,1H3/t23-,26+/m0/s1. The number of carbonyl (C=O) groups is 1. The Morgan fingerprint density at radius 1 is 0.970 bits per heavy atom. The Morgan fingerprint density at radius 2 is 1.64 bits per heavy atom. The molecule has 5 heteroatoms. The molecular weight excluding hydrogens is 410 g/mol. The highest BCUT2D eigenvalue weighted by molar-refractivity contribution is 6.22. The van der Waals surface area contributed by atoms with Crippen LogP contribution in [0, 0.1) is 5.41 Å². The van der Waals surface area contributed by atoms with E-state index in [1.807, 2.05) is 36.4 Å². The predicted molar refractivity (Wildman–Crippen MR) is 129 cm³/mol. The number of benzene rings is 3. The normalized spacial score (nSPS) is 19.7. The average molecular weight is 434 g/mol.